The first kappa shape index (κ1) is 11.7. The molecule has 1 atom stereocenters. The van der Waals surface area contributed by atoms with Gasteiger partial charge in [-0.2, -0.15) is 0 Å². The van der Waals surface area contributed by atoms with Gasteiger partial charge in [-0.1, -0.05) is 30.3 Å². The summed E-state index contributed by atoms with van der Waals surface area (Å²) in [7, 11) is 0. The van der Waals surface area contributed by atoms with Crippen LogP contribution in [0.1, 0.15) is 24.4 Å². The largest absolute Gasteiger partial charge is 0.377 e. The second kappa shape index (κ2) is 5.11. The van der Waals surface area contributed by atoms with E-state index < -0.39 is 0 Å². The van der Waals surface area contributed by atoms with Crippen LogP contribution in [-0.2, 0) is 0 Å². The summed E-state index contributed by atoms with van der Waals surface area (Å²) in [6.45, 7) is 0. The van der Waals surface area contributed by atoms with E-state index >= 15 is 0 Å². The van der Waals surface area contributed by atoms with E-state index in [9.17, 15) is 0 Å². The zero-order valence-corrected chi connectivity index (χ0v) is 11.6. The third-order valence-corrected chi connectivity index (χ3v) is 3.71. The van der Waals surface area contributed by atoms with E-state index in [4.69, 9.17) is 0 Å². The molecule has 3 heteroatoms. The van der Waals surface area contributed by atoms with Crippen molar-refractivity contribution in [2.24, 2.45) is 5.92 Å². The molecule has 18 heavy (non-hydrogen) atoms. The topological polar surface area (TPSA) is 24.9 Å². The maximum atomic E-state index is 4.20. The van der Waals surface area contributed by atoms with Gasteiger partial charge < -0.3 is 5.32 Å². The van der Waals surface area contributed by atoms with E-state index in [2.05, 4.69) is 62.6 Å². The number of anilines is 1. The lowest BCUT2D eigenvalue weighted by Gasteiger charge is -2.20. The average molecular weight is 303 g/mol. The molecule has 0 amide bonds. The molecule has 2 nitrogen and oxygen atoms in total. The van der Waals surface area contributed by atoms with Crippen molar-refractivity contribution in [3.05, 3.63) is 58.8 Å². The van der Waals surface area contributed by atoms with Crippen molar-refractivity contribution in [2.45, 2.75) is 18.9 Å². The molecule has 1 heterocycles. The molecule has 0 radical (unpaired) electrons. The summed E-state index contributed by atoms with van der Waals surface area (Å²) in [5.74, 6) is 0.756. The summed E-state index contributed by atoms with van der Waals surface area (Å²) in [6.07, 6.45) is 6.31. The second-order valence-corrected chi connectivity index (χ2v) is 5.68. The fourth-order valence-corrected chi connectivity index (χ4v) is 2.60. The maximum absolute atomic E-state index is 4.20. The lowest BCUT2D eigenvalue weighted by molar-refractivity contribution is 0.678. The minimum atomic E-state index is 0.405. The Balaban J connectivity index is 1.83. The van der Waals surface area contributed by atoms with Gasteiger partial charge in [-0.3, -0.25) is 4.98 Å². The van der Waals surface area contributed by atoms with E-state index in [-0.39, 0.29) is 0 Å². The van der Waals surface area contributed by atoms with Gasteiger partial charge in [0.15, 0.2) is 0 Å². The van der Waals surface area contributed by atoms with Crippen LogP contribution in [0, 0.1) is 5.92 Å². The Bertz CT molecular complexity index is 523. The predicted octanol–water partition coefficient (Wildman–Crippen LogP) is 4.41. The van der Waals surface area contributed by atoms with Crippen LogP contribution in [0.3, 0.4) is 0 Å². The Labute approximate surface area is 116 Å². The average Bonchev–Trinajstić information content (AvgIpc) is 3.21. The Morgan fingerprint density at radius 1 is 1.17 bits per heavy atom. The Hall–Kier alpha value is -1.35. The van der Waals surface area contributed by atoms with E-state index in [0.29, 0.717) is 6.04 Å². The number of nitrogens with one attached hydrogen (secondary N) is 1. The van der Waals surface area contributed by atoms with Crippen LogP contribution in [0.2, 0.25) is 0 Å². The van der Waals surface area contributed by atoms with E-state index in [0.717, 1.165) is 16.1 Å². The van der Waals surface area contributed by atoms with Crippen molar-refractivity contribution in [2.75, 3.05) is 5.32 Å². The highest BCUT2D eigenvalue weighted by molar-refractivity contribution is 9.10. The molecule has 1 unspecified atom stereocenters. The smallest absolute Gasteiger partial charge is 0.0542 e. The Morgan fingerprint density at radius 3 is 2.61 bits per heavy atom. The lowest BCUT2D eigenvalue weighted by Crippen LogP contribution is -2.12. The zero-order valence-electron chi connectivity index (χ0n) is 10.0. The zero-order chi connectivity index (χ0) is 12.4. The molecule has 0 bridgehead atoms. The fraction of sp³-hybridized carbons (Fsp3) is 0.267. The first-order chi connectivity index (χ1) is 8.83. The highest BCUT2D eigenvalue weighted by atomic mass is 79.9. The van der Waals surface area contributed by atoms with Gasteiger partial charge in [0, 0.05) is 10.7 Å². The van der Waals surface area contributed by atoms with Crippen LogP contribution >= 0.6 is 15.9 Å². The number of aromatic nitrogens is 1. The molecule has 0 aliphatic heterocycles. The third kappa shape index (κ3) is 2.72. The van der Waals surface area contributed by atoms with Crippen LogP contribution in [0.25, 0.3) is 0 Å². The molecule has 2 aromatic rings. The molecule has 3 rings (SSSR count). The molecule has 1 fully saturated rings. The molecule has 1 aromatic heterocycles. The van der Waals surface area contributed by atoms with Crippen LogP contribution < -0.4 is 5.32 Å². The van der Waals surface area contributed by atoms with Crippen molar-refractivity contribution >= 4 is 21.6 Å². The first-order valence-electron chi connectivity index (χ1n) is 6.25. The molecule has 1 aliphatic rings. The van der Waals surface area contributed by atoms with Crippen LogP contribution in [0.5, 0.6) is 0 Å². The standard InChI is InChI=1S/C15H15BrN2/c16-13-8-14(10-17-9-13)18-15(12-6-7-12)11-4-2-1-3-5-11/h1-5,8-10,12,15,18H,6-7H2. The second-order valence-electron chi connectivity index (χ2n) is 4.76. The third-order valence-electron chi connectivity index (χ3n) is 3.28. The summed E-state index contributed by atoms with van der Waals surface area (Å²) in [6, 6.07) is 13.1. The number of rotatable bonds is 4. The highest BCUT2D eigenvalue weighted by Crippen LogP contribution is 2.42. The van der Waals surface area contributed by atoms with Gasteiger partial charge in [-0.15, -0.1) is 0 Å². The number of benzene rings is 1. The van der Waals surface area contributed by atoms with Crippen molar-refractivity contribution < 1.29 is 0 Å². The van der Waals surface area contributed by atoms with Crippen molar-refractivity contribution in [3.8, 4) is 0 Å². The van der Waals surface area contributed by atoms with Gasteiger partial charge in [0.1, 0.15) is 0 Å². The van der Waals surface area contributed by atoms with Crippen molar-refractivity contribution in [3.63, 3.8) is 0 Å². The van der Waals surface area contributed by atoms with Gasteiger partial charge in [0.05, 0.1) is 17.9 Å². The summed E-state index contributed by atoms with van der Waals surface area (Å²) in [4.78, 5) is 4.20. The van der Waals surface area contributed by atoms with Gasteiger partial charge in [0.25, 0.3) is 0 Å². The van der Waals surface area contributed by atoms with Gasteiger partial charge >= 0.3 is 0 Å². The summed E-state index contributed by atoms with van der Waals surface area (Å²) < 4.78 is 1.01. The van der Waals surface area contributed by atoms with E-state index in [1.54, 1.807) is 6.20 Å². The summed E-state index contributed by atoms with van der Waals surface area (Å²) in [5, 5.41) is 3.61. The Kier molecular flexibility index (Phi) is 3.33. The number of nitrogens with zero attached hydrogens (tertiary/aromatic N) is 1. The SMILES string of the molecule is Brc1cncc(NC(c2ccccc2)C2CC2)c1. The Morgan fingerprint density at radius 2 is 1.94 bits per heavy atom. The van der Waals surface area contributed by atoms with Crippen molar-refractivity contribution in [1.29, 1.82) is 0 Å². The van der Waals surface area contributed by atoms with Gasteiger partial charge in [0.2, 0.25) is 0 Å². The quantitative estimate of drug-likeness (QED) is 0.905. The first-order valence-corrected chi connectivity index (χ1v) is 7.04. The van der Waals surface area contributed by atoms with Gasteiger partial charge in [-0.05, 0) is 46.3 Å². The maximum Gasteiger partial charge on any atom is 0.0542 e. The minimum Gasteiger partial charge on any atom is -0.377 e. The van der Waals surface area contributed by atoms with Crippen LogP contribution in [0.4, 0.5) is 5.69 Å². The van der Waals surface area contributed by atoms with Gasteiger partial charge in [-0.25, -0.2) is 0 Å². The molecule has 92 valence electrons. The molecular formula is C15H15BrN2. The molecule has 1 saturated carbocycles. The monoisotopic (exact) mass is 302 g/mol. The number of pyridine rings is 1. The van der Waals surface area contributed by atoms with E-state index in [1.807, 2.05) is 6.20 Å². The number of halogens is 1. The number of hydrogen-bond donors (Lipinski definition) is 1. The molecule has 0 saturated heterocycles. The molecule has 1 aliphatic carbocycles. The lowest BCUT2D eigenvalue weighted by atomic mass is 10.0. The fourth-order valence-electron chi connectivity index (χ4n) is 2.23. The predicted molar refractivity (Wildman–Crippen MR) is 77.5 cm³/mol. The molecule has 0 spiro atoms. The molecular weight excluding hydrogens is 288 g/mol. The van der Waals surface area contributed by atoms with Crippen LogP contribution in [0.15, 0.2) is 53.3 Å². The summed E-state index contributed by atoms with van der Waals surface area (Å²) in [5.41, 5.74) is 2.44. The minimum absolute atomic E-state index is 0.405. The summed E-state index contributed by atoms with van der Waals surface area (Å²) >= 11 is 3.46. The molecule has 1 N–H and O–H groups in total. The molecule has 1 aromatic carbocycles. The van der Waals surface area contributed by atoms with Crippen molar-refractivity contribution in [1.82, 2.24) is 4.98 Å². The normalized spacial score (nSPS) is 16.3. The number of hydrogen-bond acceptors (Lipinski definition) is 2. The highest BCUT2D eigenvalue weighted by Gasteiger charge is 2.32. The van der Waals surface area contributed by atoms with E-state index in [1.165, 1.54) is 18.4 Å². The van der Waals surface area contributed by atoms with Crippen LogP contribution in [-0.4, -0.2) is 4.98 Å².